The minimum atomic E-state index is -0.208. The molecule has 0 saturated heterocycles. The van der Waals surface area contributed by atoms with E-state index in [0.29, 0.717) is 16.7 Å². The van der Waals surface area contributed by atoms with Crippen LogP contribution in [0.4, 0.5) is 0 Å². The Labute approximate surface area is 110 Å². The van der Waals surface area contributed by atoms with Crippen LogP contribution in [0.1, 0.15) is 30.1 Å². The van der Waals surface area contributed by atoms with Crippen LogP contribution in [0.3, 0.4) is 0 Å². The summed E-state index contributed by atoms with van der Waals surface area (Å²) in [4.78, 5) is 4.29. The Hall–Kier alpha value is -1.06. The van der Waals surface area contributed by atoms with Crippen LogP contribution in [0.25, 0.3) is 11.5 Å². The Bertz CT molecular complexity index is 525. The summed E-state index contributed by atoms with van der Waals surface area (Å²) >= 11 is 11.9. The van der Waals surface area contributed by atoms with Gasteiger partial charge < -0.3 is 4.52 Å². The number of aryl methyl sites for hydroxylation is 1. The lowest BCUT2D eigenvalue weighted by molar-refractivity contribution is 0.421. The maximum Gasteiger partial charge on any atom is 0.258 e. The van der Waals surface area contributed by atoms with Crippen molar-refractivity contribution in [3.8, 4) is 11.5 Å². The van der Waals surface area contributed by atoms with Crippen molar-refractivity contribution in [1.29, 1.82) is 0 Å². The molecule has 3 nitrogen and oxygen atoms in total. The molecule has 1 aromatic heterocycles. The van der Waals surface area contributed by atoms with Crippen molar-refractivity contribution in [2.24, 2.45) is 0 Å². The van der Waals surface area contributed by atoms with Gasteiger partial charge in [0.15, 0.2) is 5.82 Å². The van der Waals surface area contributed by atoms with Gasteiger partial charge in [0, 0.05) is 10.6 Å². The number of nitrogens with zero attached hydrogens (tertiary/aromatic N) is 2. The molecule has 1 atom stereocenters. The number of halogens is 2. The first-order valence-corrected chi connectivity index (χ1v) is 6.17. The molecule has 0 radical (unpaired) electrons. The molecule has 17 heavy (non-hydrogen) atoms. The van der Waals surface area contributed by atoms with Gasteiger partial charge >= 0.3 is 0 Å². The Morgan fingerprint density at radius 3 is 2.82 bits per heavy atom. The second-order valence-corrected chi connectivity index (χ2v) is 4.76. The summed E-state index contributed by atoms with van der Waals surface area (Å²) in [7, 11) is 0. The highest BCUT2D eigenvalue weighted by molar-refractivity contribution is 6.30. The van der Waals surface area contributed by atoms with Crippen LogP contribution in [-0.4, -0.2) is 10.1 Å². The molecular formula is C12H12Cl2N2O. The maximum atomic E-state index is 6.05. The summed E-state index contributed by atoms with van der Waals surface area (Å²) < 4.78 is 5.21. The smallest absolute Gasteiger partial charge is 0.258 e. The lowest BCUT2D eigenvalue weighted by atomic mass is 10.1. The van der Waals surface area contributed by atoms with Crippen molar-refractivity contribution in [3.63, 3.8) is 0 Å². The lowest BCUT2D eigenvalue weighted by Gasteiger charge is -2.00. The molecule has 2 aromatic rings. The van der Waals surface area contributed by atoms with Gasteiger partial charge in [0.05, 0.1) is 5.38 Å². The summed E-state index contributed by atoms with van der Waals surface area (Å²) in [6, 6.07) is 5.52. The molecule has 2 rings (SSSR count). The third-order valence-corrected chi connectivity index (χ3v) is 3.24. The van der Waals surface area contributed by atoms with Gasteiger partial charge in [-0.2, -0.15) is 4.98 Å². The van der Waals surface area contributed by atoms with E-state index < -0.39 is 0 Å². The predicted molar refractivity (Wildman–Crippen MR) is 68.4 cm³/mol. The topological polar surface area (TPSA) is 38.9 Å². The molecule has 1 unspecified atom stereocenters. The van der Waals surface area contributed by atoms with E-state index in [4.69, 9.17) is 27.7 Å². The van der Waals surface area contributed by atoms with Crippen molar-refractivity contribution in [2.45, 2.75) is 25.6 Å². The van der Waals surface area contributed by atoms with E-state index in [9.17, 15) is 0 Å². The minimum absolute atomic E-state index is 0.208. The van der Waals surface area contributed by atoms with Crippen LogP contribution < -0.4 is 0 Å². The quantitative estimate of drug-likeness (QED) is 0.777. The average Bonchev–Trinajstić information content (AvgIpc) is 2.77. The largest absolute Gasteiger partial charge is 0.334 e. The minimum Gasteiger partial charge on any atom is -0.334 e. The Balaban J connectivity index is 2.37. The molecule has 0 aliphatic rings. The van der Waals surface area contributed by atoms with Crippen molar-refractivity contribution >= 4 is 23.2 Å². The molecule has 0 bridgehead atoms. The monoisotopic (exact) mass is 270 g/mol. The van der Waals surface area contributed by atoms with Crippen LogP contribution in [0.2, 0.25) is 5.02 Å². The first-order chi connectivity index (χ1) is 8.11. The molecule has 1 heterocycles. The van der Waals surface area contributed by atoms with Gasteiger partial charge in [0.2, 0.25) is 0 Å². The van der Waals surface area contributed by atoms with Gasteiger partial charge in [-0.05, 0) is 37.1 Å². The highest BCUT2D eigenvalue weighted by atomic mass is 35.5. The fraction of sp³-hybridized carbons (Fsp3) is 0.333. The molecule has 0 N–H and O–H groups in total. The maximum absolute atomic E-state index is 6.05. The van der Waals surface area contributed by atoms with Crippen LogP contribution in [0, 0.1) is 6.92 Å². The van der Waals surface area contributed by atoms with Gasteiger partial charge in [-0.15, -0.1) is 11.6 Å². The molecule has 5 heteroatoms. The number of hydrogen-bond donors (Lipinski definition) is 0. The summed E-state index contributed by atoms with van der Waals surface area (Å²) in [6.07, 6.45) is 0.764. The fourth-order valence-corrected chi connectivity index (χ4v) is 1.84. The molecule has 0 spiro atoms. The van der Waals surface area contributed by atoms with Crippen molar-refractivity contribution in [3.05, 3.63) is 34.6 Å². The molecule has 1 aromatic carbocycles. The van der Waals surface area contributed by atoms with E-state index in [-0.39, 0.29) is 5.38 Å². The van der Waals surface area contributed by atoms with Crippen molar-refractivity contribution in [2.75, 3.05) is 0 Å². The molecule has 0 aliphatic carbocycles. The third-order valence-electron chi connectivity index (χ3n) is 2.50. The van der Waals surface area contributed by atoms with Gasteiger partial charge in [-0.25, -0.2) is 0 Å². The van der Waals surface area contributed by atoms with Gasteiger partial charge in [-0.3, -0.25) is 0 Å². The normalized spacial score (nSPS) is 12.7. The summed E-state index contributed by atoms with van der Waals surface area (Å²) in [5.74, 6) is 1.01. The number of alkyl halides is 1. The summed E-state index contributed by atoms with van der Waals surface area (Å²) in [5, 5.41) is 4.36. The van der Waals surface area contributed by atoms with E-state index >= 15 is 0 Å². The Morgan fingerprint density at radius 1 is 1.41 bits per heavy atom. The van der Waals surface area contributed by atoms with Crippen molar-refractivity contribution in [1.82, 2.24) is 10.1 Å². The SMILES string of the molecule is CCC(Cl)c1noc(-c2ccc(Cl)cc2C)n1. The number of rotatable bonds is 3. The zero-order valence-corrected chi connectivity index (χ0v) is 11.1. The summed E-state index contributed by atoms with van der Waals surface area (Å²) in [5.41, 5.74) is 1.88. The average molecular weight is 271 g/mol. The molecule has 0 aliphatic heterocycles. The molecule has 0 fully saturated rings. The van der Waals surface area contributed by atoms with E-state index in [1.807, 2.05) is 26.0 Å². The third kappa shape index (κ3) is 2.61. The van der Waals surface area contributed by atoms with Crippen LogP contribution >= 0.6 is 23.2 Å². The molecule has 0 saturated carbocycles. The van der Waals surface area contributed by atoms with Crippen LogP contribution in [0.15, 0.2) is 22.7 Å². The van der Waals surface area contributed by atoms with Gasteiger partial charge in [0.1, 0.15) is 0 Å². The zero-order valence-electron chi connectivity index (χ0n) is 9.58. The van der Waals surface area contributed by atoms with E-state index in [1.54, 1.807) is 6.07 Å². The fourth-order valence-electron chi connectivity index (χ4n) is 1.52. The first kappa shape index (κ1) is 12.4. The highest BCUT2D eigenvalue weighted by Crippen LogP contribution is 2.27. The lowest BCUT2D eigenvalue weighted by Crippen LogP contribution is -1.91. The van der Waals surface area contributed by atoms with E-state index in [1.165, 1.54) is 0 Å². The predicted octanol–water partition coefficient (Wildman–Crippen LogP) is 4.39. The second kappa shape index (κ2) is 5.07. The van der Waals surface area contributed by atoms with Gasteiger partial charge in [-0.1, -0.05) is 23.7 Å². The molecule has 0 amide bonds. The highest BCUT2D eigenvalue weighted by Gasteiger charge is 2.16. The zero-order chi connectivity index (χ0) is 12.4. The Morgan fingerprint density at radius 2 is 2.18 bits per heavy atom. The van der Waals surface area contributed by atoms with E-state index in [2.05, 4.69) is 10.1 Å². The standard InChI is InChI=1S/C12H12Cl2N2O/c1-3-10(14)11-15-12(17-16-11)9-5-4-8(13)6-7(9)2/h4-6,10H,3H2,1-2H3. The number of hydrogen-bond acceptors (Lipinski definition) is 3. The van der Waals surface area contributed by atoms with Crippen LogP contribution in [0.5, 0.6) is 0 Å². The Kier molecular flexibility index (Phi) is 3.69. The number of aromatic nitrogens is 2. The first-order valence-electron chi connectivity index (χ1n) is 5.36. The molecular weight excluding hydrogens is 259 g/mol. The van der Waals surface area contributed by atoms with Gasteiger partial charge in [0.25, 0.3) is 5.89 Å². The second-order valence-electron chi connectivity index (χ2n) is 3.79. The molecule has 90 valence electrons. The van der Waals surface area contributed by atoms with E-state index in [0.717, 1.165) is 17.5 Å². The van der Waals surface area contributed by atoms with Crippen LogP contribution in [-0.2, 0) is 0 Å². The number of benzene rings is 1. The van der Waals surface area contributed by atoms with Crippen molar-refractivity contribution < 1.29 is 4.52 Å². The summed E-state index contributed by atoms with van der Waals surface area (Å²) in [6.45, 7) is 3.92.